The first kappa shape index (κ1) is 12.0. The van der Waals surface area contributed by atoms with Gasteiger partial charge in [-0.05, 0) is 31.0 Å². The molecule has 0 unspecified atom stereocenters. The summed E-state index contributed by atoms with van der Waals surface area (Å²) in [5.41, 5.74) is 6.43. The van der Waals surface area contributed by atoms with E-state index in [9.17, 15) is 4.39 Å². The van der Waals surface area contributed by atoms with Gasteiger partial charge in [-0.25, -0.2) is 4.39 Å². The van der Waals surface area contributed by atoms with Crippen molar-refractivity contribution in [3.8, 4) is 5.75 Å². The fraction of sp³-hybridized carbons (Fsp3) is 0.500. The molecule has 0 aromatic heterocycles. The van der Waals surface area contributed by atoms with E-state index in [0.29, 0.717) is 12.4 Å². The van der Waals surface area contributed by atoms with Gasteiger partial charge in [-0.1, -0.05) is 19.4 Å². The number of hydrogen-bond donors (Lipinski definition) is 1. The number of rotatable bonds is 5. The van der Waals surface area contributed by atoms with Crippen molar-refractivity contribution in [1.82, 2.24) is 0 Å². The highest BCUT2D eigenvalue weighted by Crippen LogP contribution is 2.21. The Morgan fingerprint density at radius 1 is 1.47 bits per heavy atom. The average molecular weight is 211 g/mol. The van der Waals surface area contributed by atoms with Crippen LogP contribution in [-0.4, -0.2) is 6.61 Å². The zero-order chi connectivity index (χ0) is 11.3. The van der Waals surface area contributed by atoms with Crippen LogP contribution in [0.25, 0.3) is 0 Å². The van der Waals surface area contributed by atoms with Crippen molar-refractivity contribution >= 4 is 0 Å². The van der Waals surface area contributed by atoms with Crippen LogP contribution in [0.4, 0.5) is 4.39 Å². The standard InChI is InChI=1S/C12H18FNO/c1-3-4-7-15-12-6-5-10(9(2)14)8-11(12)13/h5-6,8-9H,3-4,7,14H2,1-2H3/t9-/m0/s1. The second kappa shape index (κ2) is 5.71. The Bertz CT molecular complexity index is 312. The molecule has 0 fully saturated rings. The highest BCUT2D eigenvalue weighted by molar-refractivity contribution is 5.30. The molecular weight excluding hydrogens is 193 g/mol. The first-order valence-corrected chi connectivity index (χ1v) is 5.33. The molecule has 0 aliphatic carbocycles. The summed E-state index contributed by atoms with van der Waals surface area (Å²) in [5, 5.41) is 0. The molecule has 1 aromatic carbocycles. The molecule has 0 radical (unpaired) electrons. The smallest absolute Gasteiger partial charge is 0.165 e. The van der Waals surface area contributed by atoms with Crippen molar-refractivity contribution in [3.63, 3.8) is 0 Å². The Hall–Kier alpha value is -1.09. The minimum atomic E-state index is -0.332. The van der Waals surface area contributed by atoms with Crippen LogP contribution >= 0.6 is 0 Å². The molecule has 0 aliphatic heterocycles. The van der Waals surface area contributed by atoms with Crippen molar-refractivity contribution in [2.45, 2.75) is 32.7 Å². The number of unbranched alkanes of at least 4 members (excludes halogenated alkanes) is 1. The van der Waals surface area contributed by atoms with E-state index in [1.807, 2.05) is 6.92 Å². The number of halogens is 1. The summed E-state index contributed by atoms with van der Waals surface area (Å²) in [6.07, 6.45) is 1.98. The summed E-state index contributed by atoms with van der Waals surface area (Å²) in [4.78, 5) is 0. The molecular formula is C12H18FNO. The zero-order valence-electron chi connectivity index (χ0n) is 9.29. The fourth-order valence-corrected chi connectivity index (χ4v) is 1.24. The monoisotopic (exact) mass is 211 g/mol. The predicted octanol–water partition coefficient (Wildman–Crippen LogP) is 3.02. The first-order valence-electron chi connectivity index (χ1n) is 5.33. The molecule has 15 heavy (non-hydrogen) atoms. The van der Waals surface area contributed by atoms with Gasteiger partial charge in [-0.15, -0.1) is 0 Å². The quantitative estimate of drug-likeness (QED) is 0.760. The maximum atomic E-state index is 13.5. The Balaban J connectivity index is 2.66. The summed E-state index contributed by atoms with van der Waals surface area (Å²) < 4.78 is 18.8. The molecule has 1 rings (SSSR count). The lowest BCUT2D eigenvalue weighted by atomic mass is 10.1. The van der Waals surface area contributed by atoms with Crippen molar-refractivity contribution in [3.05, 3.63) is 29.6 Å². The molecule has 2 nitrogen and oxygen atoms in total. The van der Waals surface area contributed by atoms with E-state index < -0.39 is 0 Å². The number of benzene rings is 1. The lowest BCUT2D eigenvalue weighted by Crippen LogP contribution is -2.06. The van der Waals surface area contributed by atoms with Crippen LogP contribution in [0.3, 0.4) is 0 Å². The van der Waals surface area contributed by atoms with Gasteiger partial charge in [0.25, 0.3) is 0 Å². The van der Waals surface area contributed by atoms with E-state index in [2.05, 4.69) is 6.92 Å². The van der Waals surface area contributed by atoms with E-state index in [4.69, 9.17) is 10.5 Å². The molecule has 0 saturated carbocycles. The summed E-state index contributed by atoms with van der Waals surface area (Å²) in [6, 6.07) is 4.73. The SMILES string of the molecule is CCCCOc1ccc([C@H](C)N)cc1F. The number of nitrogens with two attached hydrogens (primary N) is 1. The van der Waals surface area contributed by atoms with E-state index in [1.54, 1.807) is 12.1 Å². The molecule has 0 aliphatic rings. The van der Waals surface area contributed by atoms with Gasteiger partial charge in [0.15, 0.2) is 11.6 Å². The molecule has 0 amide bonds. The van der Waals surface area contributed by atoms with Gasteiger partial charge >= 0.3 is 0 Å². The molecule has 3 heteroatoms. The van der Waals surface area contributed by atoms with Gasteiger partial charge in [0.2, 0.25) is 0 Å². The van der Waals surface area contributed by atoms with Gasteiger partial charge in [0, 0.05) is 6.04 Å². The lowest BCUT2D eigenvalue weighted by Gasteiger charge is -2.09. The third kappa shape index (κ3) is 3.51. The predicted molar refractivity (Wildman–Crippen MR) is 59.4 cm³/mol. The van der Waals surface area contributed by atoms with Crippen molar-refractivity contribution in [2.75, 3.05) is 6.61 Å². The zero-order valence-corrected chi connectivity index (χ0v) is 9.29. The summed E-state index contributed by atoms with van der Waals surface area (Å²) in [7, 11) is 0. The number of ether oxygens (including phenoxy) is 1. The lowest BCUT2D eigenvalue weighted by molar-refractivity contribution is 0.294. The van der Waals surface area contributed by atoms with Crippen LogP contribution in [-0.2, 0) is 0 Å². The van der Waals surface area contributed by atoms with Gasteiger partial charge < -0.3 is 10.5 Å². The Morgan fingerprint density at radius 2 is 2.20 bits per heavy atom. The number of hydrogen-bond acceptors (Lipinski definition) is 2. The van der Waals surface area contributed by atoms with Crippen LogP contribution in [0.5, 0.6) is 5.75 Å². The topological polar surface area (TPSA) is 35.2 Å². The maximum absolute atomic E-state index is 13.5. The third-order valence-corrected chi connectivity index (χ3v) is 2.24. The summed E-state index contributed by atoms with van der Waals surface area (Å²) in [6.45, 7) is 4.45. The first-order chi connectivity index (χ1) is 7.15. The molecule has 0 spiro atoms. The molecule has 0 heterocycles. The Morgan fingerprint density at radius 3 is 2.73 bits per heavy atom. The molecule has 0 saturated heterocycles. The minimum absolute atomic E-state index is 0.149. The molecule has 2 N–H and O–H groups in total. The minimum Gasteiger partial charge on any atom is -0.491 e. The van der Waals surface area contributed by atoms with Crippen LogP contribution < -0.4 is 10.5 Å². The van der Waals surface area contributed by atoms with Gasteiger partial charge in [-0.2, -0.15) is 0 Å². The van der Waals surface area contributed by atoms with Crippen molar-refractivity contribution in [2.24, 2.45) is 5.73 Å². The molecule has 1 atom stereocenters. The highest BCUT2D eigenvalue weighted by Gasteiger charge is 2.06. The molecule has 84 valence electrons. The van der Waals surface area contributed by atoms with Crippen LogP contribution in [0.2, 0.25) is 0 Å². The van der Waals surface area contributed by atoms with E-state index in [0.717, 1.165) is 18.4 Å². The second-order valence-corrected chi connectivity index (χ2v) is 3.68. The van der Waals surface area contributed by atoms with Crippen molar-refractivity contribution < 1.29 is 9.13 Å². The van der Waals surface area contributed by atoms with Crippen LogP contribution in [0.1, 0.15) is 38.3 Å². The van der Waals surface area contributed by atoms with E-state index in [-0.39, 0.29) is 11.9 Å². The van der Waals surface area contributed by atoms with Gasteiger partial charge in [0.1, 0.15) is 0 Å². The average Bonchev–Trinajstić information content (AvgIpc) is 2.20. The maximum Gasteiger partial charge on any atom is 0.165 e. The summed E-state index contributed by atoms with van der Waals surface area (Å²) >= 11 is 0. The second-order valence-electron chi connectivity index (χ2n) is 3.68. The van der Waals surface area contributed by atoms with E-state index in [1.165, 1.54) is 6.07 Å². The molecule has 1 aromatic rings. The normalized spacial score (nSPS) is 12.5. The van der Waals surface area contributed by atoms with Crippen LogP contribution in [0.15, 0.2) is 18.2 Å². The van der Waals surface area contributed by atoms with Crippen molar-refractivity contribution in [1.29, 1.82) is 0 Å². The Labute approximate surface area is 90.2 Å². The van der Waals surface area contributed by atoms with Gasteiger partial charge in [0.05, 0.1) is 6.61 Å². The van der Waals surface area contributed by atoms with Gasteiger partial charge in [-0.3, -0.25) is 0 Å². The molecule has 0 bridgehead atoms. The van der Waals surface area contributed by atoms with Crippen LogP contribution in [0, 0.1) is 5.82 Å². The summed E-state index contributed by atoms with van der Waals surface area (Å²) in [5.74, 6) is -0.0197. The highest BCUT2D eigenvalue weighted by atomic mass is 19.1. The fourth-order valence-electron chi connectivity index (χ4n) is 1.24. The third-order valence-electron chi connectivity index (χ3n) is 2.24. The largest absolute Gasteiger partial charge is 0.491 e. The van der Waals surface area contributed by atoms with E-state index >= 15 is 0 Å². The Kier molecular flexibility index (Phi) is 4.56.